The summed E-state index contributed by atoms with van der Waals surface area (Å²) >= 11 is 0. The van der Waals surface area contributed by atoms with Crippen LogP contribution >= 0.6 is 0 Å². The standard InChI is InChI=1S/C16H17NO3/c1-2-20-15(19)9-8-13-14(18)10-11-17-16(13)12-6-4-3-5-7-12/h3-8H,2,9-11H2,1H3/b13-8-. The normalized spacial score (nSPS) is 16.9. The van der Waals surface area contributed by atoms with Crippen LogP contribution in [0.2, 0.25) is 0 Å². The van der Waals surface area contributed by atoms with Crippen LogP contribution in [0.15, 0.2) is 47.0 Å². The van der Waals surface area contributed by atoms with E-state index in [4.69, 9.17) is 4.74 Å². The van der Waals surface area contributed by atoms with Crippen molar-refractivity contribution in [1.29, 1.82) is 0 Å². The zero-order valence-electron chi connectivity index (χ0n) is 11.5. The maximum atomic E-state index is 12.0. The quantitative estimate of drug-likeness (QED) is 0.624. The number of nitrogens with zero attached hydrogens (tertiary/aromatic N) is 1. The smallest absolute Gasteiger partial charge is 0.309 e. The van der Waals surface area contributed by atoms with Crippen molar-refractivity contribution in [3.8, 4) is 0 Å². The van der Waals surface area contributed by atoms with Crippen LogP contribution in [-0.2, 0) is 14.3 Å². The fourth-order valence-electron chi connectivity index (χ4n) is 2.08. The Kier molecular flexibility index (Phi) is 4.82. The first kappa shape index (κ1) is 14.2. The SMILES string of the molecule is CCOC(=O)C/C=C1/C(=O)CCN=C1c1ccccc1. The largest absolute Gasteiger partial charge is 0.466 e. The molecule has 0 saturated heterocycles. The van der Waals surface area contributed by atoms with E-state index in [0.29, 0.717) is 30.9 Å². The predicted molar refractivity (Wildman–Crippen MR) is 76.8 cm³/mol. The average molecular weight is 271 g/mol. The van der Waals surface area contributed by atoms with E-state index in [1.165, 1.54) is 0 Å². The van der Waals surface area contributed by atoms with Crippen molar-refractivity contribution >= 4 is 17.5 Å². The Morgan fingerprint density at radius 1 is 1.35 bits per heavy atom. The van der Waals surface area contributed by atoms with E-state index in [1.807, 2.05) is 30.3 Å². The molecular weight excluding hydrogens is 254 g/mol. The van der Waals surface area contributed by atoms with Gasteiger partial charge in [-0.05, 0) is 6.92 Å². The summed E-state index contributed by atoms with van der Waals surface area (Å²) in [6.07, 6.45) is 2.12. The summed E-state index contributed by atoms with van der Waals surface area (Å²) in [5, 5.41) is 0. The van der Waals surface area contributed by atoms with Gasteiger partial charge in [0.1, 0.15) is 0 Å². The van der Waals surface area contributed by atoms with Gasteiger partial charge in [0, 0.05) is 24.1 Å². The third-order valence-electron chi connectivity index (χ3n) is 2.99. The van der Waals surface area contributed by atoms with E-state index >= 15 is 0 Å². The van der Waals surface area contributed by atoms with Crippen LogP contribution in [0.4, 0.5) is 0 Å². The summed E-state index contributed by atoms with van der Waals surface area (Å²) < 4.78 is 4.87. The van der Waals surface area contributed by atoms with Gasteiger partial charge in [0.15, 0.2) is 5.78 Å². The number of carbonyl (C=O) groups is 2. The van der Waals surface area contributed by atoms with Gasteiger partial charge in [-0.25, -0.2) is 0 Å². The van der Waals surface area contributed by atoms with Crippen molar-refractivity contribution < 1.29 is 14.3 Å². The van der Waals surface area contributed by atoms with Crippen molar-refractivity contribution in [2.24, 2.45) is 4.99 Å². The molecule has 0 unspecified atom stereocenters. The number of aliphatic imine (C=N–C) groups is 1. The first-order chi connectivity index (χ1) is 9.72. The molecule has 0 aliphatic carbocycles. The summed E-state index contributed by atoms with van der Waals surface area (Å²) in [4.78, 5) is 27.9. The van der Waals surface area contributed by atoms with Crippen LogP contribution in [0, 0.1) is 0 Å². The van der Waals surface area contributed by atoms with Crippen molar-refractivity contribution in [1.82, 2.24) is 0 Å². The van der Waals surface area contributed by atoms with Crippen LogP contribution < -0.4 is 0 Å². The molecule has 1 aliphatic rings. The monoisotopic (exact) mass is 271 g/mol. The zero-order chi connectivity index (χ0) is 14.4. The van der Waals surface area contributed by atoms with Gasteiger partial charge in [0.2, 0.25) is 0 Å². The summed E-state index contributed by atoms with van der Waals surface area (Å²) in [6.45, 7) is 2.60. The maximum Gasteiger partial charge on any atom is 0.309 e. The van der Waals surface area contributed by atoms with E-state index < -0.39 is 0 Å². The molecule has 4 heteroatoms. The number of ketones is 1. The molecule has 0 fully saturated rings. The molecule has 0 bridgehead atoms. The number of ether oxygens (including phenoxy) is 1. The van der Waals surface area contributed by atoms with E-state index in [2.05, 4.69) is 4.99 Å². The highest BCUT2D eigenvalue weighted by Crippen LogP contribution is 2.17. The number of benzene rings is 1. The number of Topliss-reactive ketones (excluding diaryl/α,β-unsaturated/α-hetero) is 1. The maximum absolute atomic E-state index is 12.0. The molecule has 0 amide bonds. The predicted octanol–water partition coefficient (Wildman–Crippen LogP) is 2.33. The van der Waals surface area contributed by atoms with E-state index in [1.54, 1.807) is 13.0 Å². The van der Waals surface area contributed by atoms with Crippen LogP contribution in [0.25, 0.3) is 0 Å². The van der Waals surface area contributed by atoms with Gasteiger partial charge < -0.3 is 4.74 Å². The molecule has 0 radical (unpaired) electrons. The molecule has 2 rings (SSSR count). The number of hydrogen-bond donors (Lipinski definition) is 0. The Hall–Kier alpha value is -2.23. The van der Waals surface area contributed by atoms with Gasteiger partial charge in [-0.3, -0.25) is 14.6 Å². The second-order valence-corrected chi connectivity index (χ2v) is 4.40. The highest BCUT2D eigenvalue weighted by molar-refractivity contribution is 6.29. The molecule has 1 heterocycles. The molecule has 1 aromatic rings. The summed E-state index contributed by atoms with van der Waals surface area (Å²) in [6, 6.07) is 9.54. The van der Waals surface area contributed by atoms with Crippen molar-refractivity contribution in [3.63, 3.8) is 0 Å². The van der Waals surface area contributed by atoms with Gasteiger partial charge in [-0.15, -0.1) is 0 Å². The lowest BCUT2D eigenvalue weighted by atomic mass is 9.94. The first-order valence-electron chi connectivity index (χ1n) is 6.71. The highest BCUT2D eigenvalue weighted by atomic mass is 16.5. The van der Waals surface area contributed by atoms with Crippen LogP contribution in [0.3, 0.4) is 0 Å². The number of esters is 1. The van der Waals surface area contributed by atoms with Gasteiger partial charge >= 0.3 is 5.97 Å². The summed E-state index contributed by atoms with van der Waals surface area (Å²) in [5.41, 5.74) is 2.09. The Morgan fingerprint density at radius 3 is 2.80 bits per heavy atom. The Morgan fingerprint density at radius 2 is 2.10 bits per heavy atom. The number of hydrogen-bond acceptors (Lipinski definition) is 4. The lowest BCUT2D eigenvalue weighted by Gasteiger charge is -2.15. The molecule has 1 aromatic carbocycles. The number of carbonyl (C=O) groups excluding carboxylic acids is 2. The third kappa shape index (κ3) is 3.41. The molecule has 0 atom stereocenters. The van der Waals surface area contributed by atoms with Crippen molar-refractivity contribution in [3.05, 3.63) is 47.5 Å². The second kappa shape index (κ2) is 6.80. The van der Waals surface area contributed by atoms with Crippen molar-refractivity contribution in [2.75, 3.05) is 13.2 Å². The lowest BCUT2D eigenvalue weighted by Crippen LogP contribution is -2.21. The highest BCUT2D eigenvalue weighted by Gasteiger charge is 2.21. The van der Waals surface area contributed by atoms with Crippen LogP contribution in [0.5, 0.6) is 0 Å². The van der Waals surface area contributed by atoms with E-state index in [0.717, 1.165) is 5.56 Å². The van der Waals surface area contributed by atoms with Gasteiger partial charge in [-0.1, -0.05) is 36.4 Å². The molecule has 0 saturated carbocycles. The Bertz CT molecular complexity index is 558. The lowest BCUT2D eigenvalue weighted by molar-refractivity contribution is -0.142. The minimum absolute atomic E-state index is 0.0307. The van der Waals surface area contributed by atoms with Gasteiger partial charge in [-0.2, -0.15) is 0 Å². The summed E-state index contributed by atoms with van der Waals surface area (Å²) in [7, 11) is 0. The molecule has 104 valence electrons. The summed E-state index contributed by atoms with van der Waals surface area (Å²) in [5.74, 6) is -0.297. The van der Waals surface area contributed by atoms with Gasteiger partial charge in [0.25, 0.3) is 0 Å². The fourth-order valence-corrected chi connectivity index (χ4v) is 2.08. The minimum Gasteiger partial charge on any atom is -0.466 e. The Balaban J connectivity index is 2.25. The molecule has 4 nitrogen and oxygen atoms in total. The van der Waals surface area contributed by atoms with Crippen molar-refractivity contribution in [2.45, 2.75) is 19.8 Å². The second-order valence-electron chi connectivity index (χ2n) is 4.40. The van der Waals surface area contributed by atoms with E-state index in [-0.39, 0.29) is 18.2 Å². The third-order valence-corrected chi connectivity index (χ3v) is 2.99. The molecular formula is C16H17NO3. The Labute approximate surface area is 118 Å². The first-order valence-corrected chi connectivity index (χ1v) is 6.71. The molecule has 0 N–H and O–H groups in total. The number of allylic oxidation sites excluding steroid dienone is 1. The molecule has 1 aliphatic heterocycles. The zero-order valence-corrected chi connectivity index (χ0v) is 11.5. The average Bonchev–Trinajstić information content (AvgIpc) is 2.47. The topological polar surface area (TPSA) is 55.7 Å². The van der Waals surface area contributed by atoms with Gasteiger partial charge in [0.05, 0.1) is 18.7 Å². The van der Waals surface area contributed by atoms with Crippen LogP contribution in [0.1, 0.15) is 25.3 Å². The molecule has 0 aromatic heterocycles. The fraction of sp³-hybridized carbons (Fsp3) is 0.312. The van der Waals surface area contributed by atoms with Crippen LogP contribution in [-0.4, -0.2) is 30.6 Å². The number of rotatable bonds is 4. The molecule has 0 spiro atoms. The molecule has 20 heavy (non-hydrogen) atoms. The minimum atomic E-state index is -0.328. The van der Waals surface area contributed by atoms with E-state index in [9.17, 15) is 9.59 Å².